The van der Waals surface area contributed by atoms with E-state index in [4.69, 9.17) is 0 Å². The summed E-state index contributed by atoms with van der Waals surface area (Å²) in [5, 5.41) is 3.05. The molecule has 1 amide bonds. The Morgan fingerprint density at radius 1 is 1.06 bits per heavy atom. The van der Waals surface area contributed by atoms with E-state index >= 15 is 0 Å². The van der Waals surface area contributed by atoms with Gasteiger partial charge in [0.05, 0.1) is 18.9 Å². The fourth-order valence-electron chi connectivity index (χ4n) is 4.81. The van der Waals surface area contributed by atoms with Gasteiger partial charge in [-0.2, -0.15) is 0 Å². The molecule has 34 heavy (non-hydrogen) atoms. The molecule has 0 fully saturated rings. The van der Waals surface area contributed by atoms with E-state index in [9.17, 15) is 14.4 Å². The SMILES string of the molecule is CCn1cnc2c1c(=O)n(CC(=O)N[C@H]1CCCc3ccccc31)c(=O)n2Cc1ccccc1. The number of fused-ring (bicyclic) bond motifs is 2. The molecule has 1 atom stereocenters. The normalized spacial score (nSPS) is 15.3. The lowest BCUT2D eigenvalue weighted by molar-refractivity contribution is -0.122. The van der Waals surface area contributed by atoms with Crippen LogP contribution in [-0.4, -0.2) is 24.6 Å². The predicted octanol–water partition coefficient (Wildman–Crippen LogP) is 2.62. The van der Waals surface area contributed by atoms with Gasteiger partial charge in [0.1, 0.15) is 6.54 Å². The van der Waals surface area contributed by atoms with Crippen molar-refractivity contribution in [3.05, 3.63) is 98.5 Å². The van der Waals surface area contributed by atoms with Crippen molar-refractivity contribution >= 4 is 17.1 Å². The number of nitrogens with zero attached hydrogens (tertiary/aromatic N) is 4. The molecule has 5 rings (SSSR count). The van der Waals surface area contributed by atoms with Crippen LogP contribution in [0.25, 0.3) is 11.2 Å². The minimum atomic E-state index is -0.540. The number of hydrogen-bond donors (Lipinski definition) is 1. The predicted molar refractivity (Wildman–Crippen MR) is 130 cm³/mol. The average molecular weight is 458 g/mol. The zero-order valence-corrected chi connectivity index (χ0v) is 19.1. The summed E-state index contributed by atoms with van der Waals surface area (Å²) in [4.78, 5) is 44.2. The molecule has 0 radical (unpaired) electrons. The Kier molecular flexibility index (Phi) is 5.88. The lowest BCUT2D eigenvalue weighted by Gasteiger charge is -2.26. The molecule has 4 aromatic rings. The Hall–Kier alpha value is -3.94. The van der Waals surface area contributed by atoms with Crippen LogP contribution in [0, 0.1) is 0 Å². The van der Waals surface area contributed by atoms with E-state index in [0.717, 1.165) is 35.0 Å². The van der Waals surface area contributed by atoms with Gasteiger partial charge in [0.25, 0.3) is 5.56 Å². The van der Waals surface area contributed by atoms with Gasteiger partial charge >= 0.3 is 5.69 Å². The number of aromatic nitrogens is 4. The molecule has 0 spiro atoms. The van der Waals surface area contributed by atoms with Crippen molar-refractivity contribution in [2.75, 3.05) is 0 Å². The molecule has 2 aromatic carbocycles. The Bertz CT molecular complexity index is 1470. The largest absolute Gasteiger partial charge is 0.348 e. The Morgan fingerprint density at radius 2 is 1.82 bits per heavy atom. The first-order valence-corrected chi connectivity index (χ1v) is 11.7. The van der Waals surface area contributed by atoms with Crippen molar-refractivity contribution in [2.45, 2.75) is 51.9 Å². The van der Waals surface area contributed by atoms with Gasteiger partial charge in [-0.25, -0.2) is 14.3 Å². The summed E-state index contributed by atoms with van der Waals surface area (Å²) in [5.74, 6) is -0.353. The fourth-order valence-corrected chi connectivity index (χ4v) is 4.81. The van der Waals surface area contributed by atoms with E-state index in [1.807, 2.05) is 55.5 Å². The lowest BCUT2D eigenvalue weighted by Crippen LogP contribution is -2.45. The molecule has 8 heteroatoms. The monoisotopic (exact) mass is 457 g/mol. The Balaban J connectivity index is 1.51. The van der Waals surface area contributed by atoms with Crippen LogP contribution in [0.3, 0.4) is 0 Å². The maximum atomic E-state index is 13.4. The zero-order valence-electron chi connectivity index (χ0n) is 19.1. The number of benzene rings is 2. The summed E-state index contributed by atoms with van der Waals surface area (Å²) >= 11 is 0. The number of amides is 1. The van der Waals surface area contributed by atoms with Crippen LogP contribution >= 0.6 is 0 Å². The first-order chi connectivity index (χ1) is 16.6. The molecule has 0 unspecified atom stereocenters. The van der Waals surface area contributed by atoms with Gasteiger partial charge in [-0.05, 0) is 42.9 Å². The summed E-state index contributed by atoms with van der Waals surface area (Å²) in [5.41, 5.74) is 2.87. The summed E-state index contributed by atoms with van der Waals surface area (Å²) < 4.78 is 4.22. The highest BCUT2D eigenvalue weighted by Gasteiger charge is 2.24. The van der Waals surface area contributed by atoms with Gasteiger partial charge in [-0.1, -0.05) is 54.6 Å². The molecule has 1 aliphatic carbocycles. The highest BCUT2D eigenvalue weighted by atomic mass is 16.2. The molecule has 1 aliphatic rings. The second-order valence-electron chi connectivity index (χ2n) is 8.66. The van der Waals surface area contributed by atoms with E-state index in [-0.39, 0.29) is 25.0 Å². The van der Waals surface area contributed by atoms with E-state index in [1.165, 1.54) is 10.1 Å². The molecule has 2 aromatic heterocycles. The highest BCUT2D eigenvalue weighted by molar-refractivity contribution is 5.77. The average Bonchev–Trinajstić information content (AvgIpc) is 3.30. The molecule has 2 heterocycles. The number of carbonyl (C=O) groups is 1. The summed E-state index contributed by atoms with van der Waals surface area (Å²) in [7, 11) is 0. The molecule has 0 saturated carbocycles. The minimum Gasteiger partial charge on any atom is -0.348 e. The van der Waals surface area contributed by atoms with Gasteiger partial charge in [0.15, 0.2) is 11.2 Å². The van der Waals surface area contributed by atoms with Crippen LogP contribution < -0.4 is 16.6 Å². The van der Waals surface area contributed by atoms with Crippen molar-refractivity contribution < 1.29 is 4.79 Å². The smallest absolute Gasteiger partial charge is 0.333 e. The molecule has 0 aliphatic heterocycles. The number of nitrogens with one attached hydrogen (secondary N) is 1. The van der Waals surface area contributed by atoms with Crippen molar-refractivity contribution in [1.82, 2.24) is 24.0 Å². The molecule has 8 nitrogen and oxygen atoms in total. The van der Waals surface area contributed by atoms with E-state index in [2.05, 4.69) is 16.4 Å². The number of carbonyl (C=O) groups excluding carboxylic acids is 1. The number of rotatable bonds is 6. The molecule has 0 saturated heterocycles. The van der Waals surface area contributed by atoms with Crippen molar-refractivity contribution in [1.29, 1.82) is 0 Å². The fraction of sp³-hybridized carbons (Fsp3) is 0.308. The molecule has 0 bridgehead atoms. The third-order valence-electron chi connectivity index (χ3n) is 6.51. The third kappa shape index (κ3) is 3.96. The number of aryl methyl sites for hydroxylation is 2. The molecule has 174 valence electrons. The number of imidazole rings is 1. The second kappa shape index (κ2) is 9.13. The molecule has 1 N–H and O–H groups in total. The summed E-state index contributed by atoms with van der Waals surface area (Å²) in [6.45, 7) is 2.36. The van der Waals surface area contributed by atoms with Gasteiger partial charge in [-0.15, -0.1) is 0 Å². The lowest BCUT2D eigenvalue weighted by atomic mass is 9.88. The van der Waals surface area contributed by atoms with Crippen LogP contribution in [0.15, 0.2) is 70.5 Å². The standard InChI is InChI=1S/C26H27N5O3/c1-2-29-17-27-24-23(29)25(33)31(26(34)30(24)15-18-9-4-3-5-10-18)16-22(32)28-21-14-8-12-19-11-6-7-13-20(19)21/h3-7,9-11,13,17,21H,2,8,12,14-16H2,1H3,(H,28,32)/t21-/m0/s1. The summed E-state index contributed by atoms with van der Waals surface area (Å²) in [6, 6.07) is 17.5. The first-order valence-electron chi connectivity index (χ1n) is 11.7. The van der Waals surface area contributed by atoms with Crippen molar-refractivity contribution in [3.63, 3.8) is 0 Å². The van der Waals surface area contributed by atoms with E-state index < -0.39 is 11.2 Å². The summed E-state index contributed by atoms with van der Waals surface area (Å²) in [6.07, 6.45) is 4.37. The van der Waals surface area contributed by atoms with Gasteiger partial charge in [0, 0.05) is 6.54 Å². The maximum Gasteiger partial charge on any atom is 0.333 e. The van der Waals surface area contributed by atoms with Gasteiger partial charge in [-0.3, -0.25) is 14.2 Å². The second-order valence-corrected chi connectivity index (χ2v) is 8.66. The van der Waals surface area contributed by atoms with Crippen LogP contribution in [0.2, 0.25) is 0 Å². The topological polar surface area (TPSA) is 90.9 Å². The van der Waals surface area contributed by atoms with Gasteiger partial charge < -0.3 is 9.88 Å². The molecular formula is C26H27N5O3. The van der Waals surface area contributed by atoms with Crippen LogP contribution in [0.5, 0.6) is 0 Å². The van der Waals surface area contributed by atoms with E-state index in [0.29, 0.717) is 17.7 Å². The first kappa shape index (κ1) is 21.9. The maximum absolute atomic E-state index is 13.4. The molecular weight excluding hydrogens is 430 g/mol. The quantitative estimate of drug-likeness (QED) is 0.482. The third-order valence-corrected chi connectivity index (χ3v) is 6.51. The van der Waals surface area contributed by atoms with Crippen LogP contribution in [-0.2, 0) is 30.8 Å². The van der Waals surface area contributed by atoms with E-state index in [1.54, 1.807) is 10.9 Å². The zero-order chi connectivity index (χ0) is 23.7. The Labute approximate surface area is 196 Å². The van der Waals surface area contributed by atoms with Gasteiger partial charge in [0.2, 0.25) is 5.91 Å². The van der Waals surface area contributed by atoms with Crippen molar-refractivity contribution in [3.8, 4) is 0 Å². The highest BCUT2D eigenvalue weighted by Crippen LogP contribution is 2.29. The number of hydrogen-bond acceptors (Lipinski definition) is 4. The van der Waals surface area contributed by atoms with Crippen molar-refractivity contribution in [2.24, 2.45) is 0 Å². The van der Waals surface area contributed by atoms with Crippen LogP contribution in [0.4, 0.5) is 0 Å². The minimum absolute atomic E-state index is 0.121. The van der Waals surface area contributed by atoms with Crippen LogP contribution in [0.1, 0.15) is 42.5 Å². The Morgan fingerprint density at radius 3 is 2.62 bits per heavy atom.